The van der Waals surface area contributed by atoms with Crippen molar-refractivity contribution in [2.24, 2.45) is 0 Å². The molecular formula is C19H18Cl3IN2O7S. The third kappa shape index (κ3) is 6.28. The smallest absolute Gasteiger partial charge is 0.251 e. The quantitative estimate of drug-likeness (QED) is 0.300. The average Bonchev–Trinajstić information content (AvgIpc) is 2.73. The lowest BCUT2D eigenvalue weighted by Crippen LogP contribution is -2.65. The van der Waals surface area contributed by atoms with Gasteiger partial charge in [-0.2, -0.15) is 0 Å². The van der Waals surface area contributed by atoms with Crippen molar-refractivity contribution in [3.05, 3.63) is 60.6 Å². The first-order chi connectivity index (χ1) is 15.4. The molecule has 0 bridgehead atoms. The van der Waals surface area contributed by atoms with Gasteiger partial charge in [0.1, 0.15) is 29.2 Å². The van der Waals surface area contributed by atoms with Crippen molar-refractivity contribution in [3.8, 4) is 0 Å². The van der Waals surface area contributed by atoms with E-state index in [1.807, 2.05) is 22.6 Å². The number of ether oxygens (including phenoxy) is 1. The molecule has 0 aliphatic carbocycles. The molecule has 1 unspecified atom stereocenters. The summed E-state index contributed by atoms with van der Waals surface area (Å²) in [6.07, 6.45) is -6.38. The minimum absolute atomic E-state index is 0.0345. The highest BCUT2D eigenvalue weighted by Crippen LogP contribution is 2.29. The summed E-state index contributed by atoms with van der Waals surface area (Å²) in [5.41, 5.74) is 0.175. The van der Waals surface area contributed by atoms with Gasteiger partial charge in [0.15, 0.2) is 6.29 Å². The monoisotopic (exact) mass is 650 g/mol. The zero-order valence-corrected chi connectivity index (χ0v) is 21.7. The van der Waals surface area contributed by atoms with Crippen molar-refractivity contribution < 1.29 is 33.3 Å². The minimum atomic E-state index is -4.15. The number of halogens is 4. The van der Waals surface area contributed by atoms with Gasteiger partial charge in [-0.05, 0) is 52.9 Å². The molecule has 33 heavy (non-hydrogen) atoms. The topological polar surface area (TPSA) is 145 Å². The molecule has 5 N–H and O–H groups in total. The molecule has 1 fully saturated rings. The van der Waals surface area contributed by atoms with E-state index in [0.717, 1.165) is 0 Å². The Morgan fingerprint density at radius 1 is 1.09 bits per heavy atom. The van der Waals surface area contributed by atoms with E-state index in [4.69, 9.17) is 39.5 Å². The summed E-state index contributed by atoms with van der Waals surface area (Å²) in [5, 5.41) is 33.8. The second kappa shape index (κ2) is 10.9. The molecule has 5 atom stereocenters. The third-order valence-electron chi connectivity index (χ3n) is 4.82. The van der Waals surface area contributed by atoms with Crippen LogP contribution in [-0.4, -0.2) is 66.8 Å². The Hall–Kier alpha value is -0.740. The highest BCUT2D eigenvalue weighted by atomic mass is 127. The van der Waals surface area contributed by atoms with Crippen molar-refractivity contribution in [3.63, 3.8) is 0 Å². The van der Waals surface area contributed by atoms with E-state index < -0.39 is 53.1 Å². The number of aliphatic hydroxyl groups excluding tert-OH is 3. The fraction of sp³-hybridized carbons (Fsp3) is 0.316. The fourth-order valence-electron chi connectivity index (χ4n) is 3.15. The van der Waals surface area contributed by atoms with Gasteiger partial charge in [0.25, 0.3) is 5.91 Å². The maximum absolute atomic E-state index is 12.6. The van der Waals surface area contributed by atoms with Crippen molar-refractivity contribution in [2.45, 2.75) is 35.5 Å². The van der Waals surface area contributed by atoms with Gasteiger partial charge < -0.3 is 25.4 Å². The van der Waals surface area contributed by atoms with E-state index in [0.29, 0.717) is 8.59 Å². The first-order valence-corrected chi connectivity index (χ1v) is 13.0. The molecular weight excluding hydrogens is 634 g/mol. The summed E-state index contributed by atoms with van der Waals surface area (Å²) < 4.78 is 33.3. The minimum Gasteiger partial charge on any atom is -0.388 e. The first-order valence-electron chi connectivity index (χ1n) is 9.31. The lowest BCUT2D eigenvalue weighted by Gasteiger charge is -2.41. The van der Waals surface area contributed by atoms with Crippen molar-refractivity contribution in [1.29, 1.82) is 0 Å². The molecule has 1 heterocycles. The summed E-state index contributed by atoms with van der Waals surface area (Å²) >= 11 is 19.7. The van der Waals surface area contributed by atoms with Crippen molar-refractivity contribution >= 4 is 73.3 Å². The van der Waals surface area contributed by atoms with E-state index >= 15 is 0 Å². The number of carbonyl (C=O) groups is 1. The Morgan fingerprint density at radius 3 is 2.45 bits per heavy atom. The SMILES string of the molecule is O=C(N[C@H]1C(O)O[C@H](CNS(=O)(=O)c2cccc(Cl)c2Cl)[C@@H](O)[C@@H]1O)c1cc(Cl)cc(I)c1. The predicted molar refractivity (Wildman–Crippen MR) is 130 cm³/mol. The van der Waals surface area contributed by atoms with Crippen molar-refractivity contribution in [1.82, 2.24) is 10.0 Å². The number of hydrogen-bond acceptors (Lipinski definition) is 7. The molecule has 9 nitrogen and oxygen atoms in total. The van der Waals surface area contributed by atoms with Gasteiger partial charge in [-0.3, -0.25) is 4.79 Å². The van der Waals surface area contributed by atoms with Crippen LogP contribution in [-0.2, 0) is 14.8 Å². The van der Waals surface area contributed by atoms with E-state index in [1.54, 1.807) is 12.1 Å². The van der Waals surface area contributed by atoms with Gasteiger partial charge in [0.2, 0.25) is 10.0 Å². The molecule has 2 aromatic carbocycles. The van der Waals surface area contributed by atoms with Crippen LogP contribution in [0, 0.1) is 3.57 Å². The zero-order valence-electron chi connectivity index (χ0n) is 16.5. The molecule has 2 aromatic rings. The lowest BCUT2D eigenvalue weighted by molar-refractivity contribution is -0.243. The summed E-state index contributed by atoms with van der Waals surface area (Å²) in [6, 6.07) is 7.24. The summed E-state index contributed by atoms with van der Waals surface area (Å²) in [6.45, 7) is -0.506. The molecule has 1 aliphatic heterocycles. The molecule has 1 saturated heterocycles. The van der Waals surface area contributed by atoms with Gasteiger partial charge in [-0.25, -0.2) is 13.1 Å². The summed E-state index contributed by atoms with van der Waals surface area (Å²) in [4.78, 5) is 12.2. The number of amides is 1. The maximum Gasteiger partial charge on any atom is 0.251 e. The van der Waals surface area contributed by atoms with Crippen LogP contribution in [0.3, 0.4) is 0 Å². The Kier molecular flexibility index (Phi) is 8.87. The number of sulfonamides is 1. The van der Waals surface area contributed by atoms with Crippen LogP contribution in [0.1, 0.15) is 10.4 Å². The molecule has 0 aromatic heterocycles. The highest BCUT2D eigenvalue weighted by molar-refractivity contribution is 14.1. The van der Waals surface area contributed by atoms with E-state index in [9.17, 15) is 28.5 Å². The van der Waals surface area contributed by atoms with Crippen LogP contribution >= 0.6 is 57.4 Å². The van der Waals surface area contributed by atoms with Crippen LogP contribution in [0.2, 0.25) is 15.1 Å². The van der Waals surface area contributed by atoms with Gasteiger partial charge >= 0.3 is 0 Å². The van der Waals surface area contributed by atoms with Crippen LogP contribution in [0.15, 0.2) is 41.3 Å². The number of rotatable bonds is 6. The molecule has 1 aliphatic rings. The molecule has 1 amide bonds. The molecule has 0 radical (unpaired) electrons. The third-order valence-corrected chi connectivity index (χ3v) is 8.06. The number of carbonyl (C=O) groups excluding carboxylic acids is 1. The van der Waals surface area contributed by atoms with Crippen molar-refractivity contribution in [2.75, 3.05) is 6.54 Å². The maximum atomic E-state index is 12.6. The van der Waals surface area contributed by atoms with Crippen LogP contribution in [0.25, 0.3) is 0 Å². The van der Waals surface area contributed by atoms with Gasteiger partial charge in [-0.1, -0.05) is 40.9 Å². The second-order valence-electron chi connectivity index (χ2n) is 7.11. The Balaban J connectivity index is 1.68. The number of benzene rings is 2. The van der Waals surface area contributed by atoms with Gasteiger partial charge in [0.05, 0.1) is 10.0 Å². The predicted octanol–water partition coefficient (Wildman–Crippen LogP) is 1.77. The standard InChI is InChI=1S/C19H18Cl3IN2O7S/c20-9-4-8(5-10(23)6-9)18(28)25-15-17(27)16(26)12(32-19(15)29)7-24-33(30,31)13-3-1-2-11(21)14(13)22/h1-6,12,15-17,19,24,26-27,29H,7H2,(H,25,28)/t12-,15-,16-,17-,19?/m1/s1. The van der Waals surface area contributed by atoms with Crippen LogP contribution in [0.4, 0.5) is 0 Å². The highest BCUT2D eigenvalue weighted by Gasteiger charge is 2.45. The largest absolute Gasteiger partial charge is 0.388 e. The molecule has 0 spiro atoms. The molecule has 0 saturated carbocycles. The van der Waals surface area contributed by atoms with E-state index in [-0.39, 0.29) is 20.5 Å². The summed E-state index contributed by atoms with van der Waals surface area (Å²) in [7, 11) is -4.15. The number of hydrogen-bond donors (Lipinski definition) is 5. The average molecular weight is 652 g/mol. The first kappa shape index (κ1) is 26.9. The number of nitrogens with one attached hydrogen (secondary N) is 2. The zero-order chi connectivity index (χ0) is 24.5. The summed E-state index contributed by atoms with van der Waals surface area (Å²) in [5.74, 6) is -0.663. The van der Waals surface area contributed by atoms with Gasteiger partial charge in [-0.15, -0.1) is 0 Å². The van der Waals surface area contributed by atoms with Crippen LogP contribution in [0.5, 0.6) is 0 Å². The Bertz CT molecular complexity index is 1130. The van der Waals surface area contributed by atoms with Gasteiger partial charge in [0, 0.05) is 20.7 Å². The Labute approximate surface area is 218 Å². The van der Waals surface area contributed by atoms with E-state index in [2.05, 4.69) is 10.0 Å². The second-order valence-corrected chi connectivity index (χ2v) is 11.3. The fourth-order valence-corrected chi connectivity index (χ4v) is 6.05. The molecule has 14 heteroatoms. The molecule has 180 valence electrons. The normalized spacial score (nSPS) is 25.6. The van der Waals surface area contributed by atoms with Crippen LogP contribution < -0.4 is 10.0 Å². The lowest BCUT2D eigenvalue weighted by atomic mass is 9.96. The van der Waals surface area contributed by atoms with E-state index in [1.165, 1.54) is 24.3 Å². The Morgan fingerprint density at radius 2 is 1.79 bits per heavy atom. The number of aliphatic hydroxyl groups is 3. The molecule has 3 rings (SSSR count).